The average molecular weight is 626 g/mol. The predicted octanol–water partition coefficient (Wildman–Crippen LogP) is 5.56. The van der Waals surface area contributed by atoms with Gasteiger partial charge in [-0.3, -0.25) is 9.69 Å². The standard InChI is InChI=1S/C34H36FN7O4/c35-28-19-24(21-37)9-12-30(28)45-23-26-7-6-8-32(38-26)46-27-13-17-41(18-14-27)22-31-40-29-11-10-25(20-33(43)44)39-34(29)42(31)16-5-3-1-2-4-15-36/h6-12,19,27H,1-5,13-14,16-18,20,22-23H2,(H,43,44). The van der Waals surface area contributed by atoms with E-state index in [-0.39, 0.29) is 30.4 Å². The summed E-state index contributed by atoms with van der Waals surface area (Å²) in [6.45, 7) is 3.04. The molecule has 0 amide bonds. The maximum Gasteiger partial charge on any atom is 0.309 e. The highest BCUT2D eigenvalue weighted by Gasteiger charge is 2.23. The lowest BCUT2D eigenvalue weighted by Gasteiger charge is -2.31. The van der Waals surface area contributed by atoms with Gasteiger partial charge in [-0.25, -0.2) is 19.3 Å². The first-order valence-electron chi connectivity index (χ1n) is 15.5. The molecule has 3 aromatic heterocycles. The van der Waals surface area contributed by atoms with Crippen LogP contribution in [0, 0.1) is 28.5 Å². The van der Waals surface area contributed by atoms with Crippen LogP contribution in [0.1, 0.15) is 67.7 Å². The summed E-state index contributed by atoms with van der Waals surface area (Å²) < 4.78 is 28.1. The Morgan fingerprint density at radius 1 is 1.00 bits per heavy atom. The van der Waals surface area contributed by atoms with Crippen molar-refractivity contribution in [2.45, 2.75) is 77.2 Å². The maximum atomic E-state index is 14.2. The zero-order valence-electron chi connectivity index (χ0n) is 25.6. The van der Waals surface area contributed by atoms with E-state index >= 15 is 0 Å². The second kappa shape index (κ2) is 15.8. The number of ether oxygens (including phenoxy) is 2. The number of nitriles is 2. The summed E-state index contributed by atoms with van der Waals surface area (Å²) in [5, 5.41) is 27.0. The lowest BCUT2D eigenvalue weighted by molar-refractivity contribution is -0.136. The highest BCUT2D eigenvalue weighted by Crippen LogP contribution is 2.23. The van der Waals surface area contributed by atoms with E-state index in [9.17, 15) is 14.3 Å². The van der Waals surface area contributed by atoms with Crippen LogP contribution in [-0.2, 0) is 30.9 Å². The van der Waals surface area contributed by atoms with Gasteiger partial charge in [0.05, 0.1) is 42.1 Å². The van der Waals surface area contributed by atoms with Crippen LogP contribution >= 0.6 is 0 Å². The third-order valence-electron chi connectivity index (χ3n) is 7.89. The van der Waals surface area contributed by atoms with Crippen LogP contribution in [0.2, 0.25) is 0 Å². The fourth-order valence-electron chi connectivity index (χ4n) is 5.52. The van der Waals surface area contributed by atoms with E-state index in [1.807, 2.05) is 18.2 Å². The highest BCUT2D eigenvalue weighted by atomic mass is 19.1. The smallest absolute Gasteiger partial charge is 0.309 e. The van der Waals surface area contributed by atoms with Gasteiger partial charge in [-0.1, -0.05) is 18.9 Å². The monoisotopic (exact) mass is 625 g/mol. The van der Waals surface area contributed by atoms with Crippen molar-refractivity contribution in [1.29, 1.82) is 10.5 Å². The highest BCUT2D eigenvalue weighted by molar-refractivity contribution is 5.74. The van der Waals surface area contributed by atoms with Crippen LogP contribution in [-0.4, -0.2) is 54.7 Å². The number of hydrogen-bond donors (Lipinski definition) is 1. The van der Waals surface area contributed by atoms with Gasteiger partial charge in [-0.05, 0) is 62.1 Å². The number of aryl methyl sites for hydroxylation is 1. The van der Waals surface area contributed by atoms with Gasteiger partial charge < -0.3 is 19.1 Å². The van der Waals surface area contributed by atoms with Gasteiger partial charge in [-0.15, -0.1) is 0 Å². The van der Waals surface area contributed by atoms with E-state index in [2.05, 4.69) is 25.5 Å². The number of halogens is 1. The summed E-state index contributed by atoms with van der Waals surface area (Å²) in [4.78, 5) is 27.7. The molecule has 4 heterocycles. The summed E-state index contributed by atoms with van der Waals surface area (Å²) in [6.07, 6.45) is 5.81. The van der Waals surface area contributed by atoms with Crippen molar-refractivity contribution in [3.8, 4) is 23.8 Å². The van der Waals surface area contributed by atoms with Crippen LogP contribution in [0.15, 0.2) is 48.5 Å². The Kier molecular flexibility index (Phi) is 11.1. The Labute approximate surface area is 266 Å². The number of nitrogens with zero attached hydrogens (tertiary/aromatic N) is 7. The molecule has 1 N–H and O–H groups in total. The van der Waals surface area contributed by atoms with Crippen LogP contribution in [0.25, 0.3) is 11.2 Å². The second-order valence-electron chi connectivity index (χ2n) is 11.3. The molecule has 238 valence electrons. The minimum atomic E-state index is -0.922. The van der Waals surface area contributed by atoms with Crippen LogP contribution < -0.4 is 9.47 Å². The topological polar surface area (TPSA) is 150 Å². The lowest BCUT2D eigenvalue weighted by atomic mass is 10.1. The predicted molar refractivity (Wildman–Crippen MR) is 166 cm³/mol. The molecule has 0 saturated carbocycles. The number of fused-ring (bicyclic) bond motifs is 1. The first-order valence-corrected chi connectivity index (χ1v) is 15.5. The number of carboxylic acids is 1. The van der Waals surface area contributed by atoms with Gasteiger partial charge in [0, 0.05) is 32.1 Å². The summed E-state index contributed by atoms with van der Waals surface area (Å²) in [6, 6.07) is 17.2. The third-order valence-corrected chi connectivity index (χ3v) is 7.89. The quantitative estimate of drug-likeness (QED) is 0.166. The summed E-state index contributed by atoms with van der Waals surface area (Å²) >= 11 is 0. The fourth-order valence-corrected chi connectivity index (χ4v) is 5.52. The van der Waals surface area contributed by atoms with E-state index < -0.39 is 11.8 Å². The van der Waals surface area contributed by atoms with Gasteiger partial charge in [0.2, 0.25) is 5.88 Å². The maximum absolute atomic E-state index is 14.2. The molecule has 1 fully saturated rings. The summed E-state index contributed by atoms with van der Waals surface area (Å²) in [7, 11) is 0. The summed E-state index contributed by atoms with van der Waals surface area (Å²) in [5.41, 5.74) is 2.80. The molecule has 1 aromatic carbocycles. The average Bonchev–Trinajstić information content (AvgIpc) is 3.38. The zero-order chi connectivity index (χ0) is 32.3. The first-order chi connectivity index (χ1) is 22.4. The minimum absolute atomic E-state index is 0.0108. The zero-order valence-corrected chi connectivity index (χ0v) is 25.6. The number of hydrogen-bond acceptors (Lipinski definition) is 9. The molecule has 1 saturated heterocycles. The molecule has 46 heavy (non-hydrogen) atoms. The van der Waals surface area contributed by atoms with Crippen LogP contribution in [0.3, 0.4) is 0 Å². The molecule has 1 aliphatic rings. The van der Waals surface area contributed by atoms with Gasteiger partial charge in [0.25, 0.3) is 0 Å². The number of likely N-dealkylation sites (tertiary alicyclic amines) is 1. The normalized spacial score (nSPS) is 13.7. The van der Waals surface area contributed by atoms with Gasteiger partial charge in [0.1, 0.15) is 24.1 Å². The van der Waals surface area contributed by atoms with Crippen LogP contribution in [0.5, 0.6) is 11.6 Å². The molecule has 0 radical (unpaired) electrons. The Bertz CT molecular complexity index is 1740. The van der Waals surface area contributed by atoms with Crippen molar-refractivity contribution in [3.05, 3.63) is 77.1 Å². The molecule has 4 aromatic rings. The molecule has 0 aliphatic carbocycles. The number of carbonyl (C=O) groups is 1. The third kappa shape index (κ3) is 8.77. The number of aliphatic carboxylic acids is 1. The molecule has 12 heteroatoms. The molecular weight excluding hydrogens is 589 g/mol. The molecule has 11 nitrogen and oxygen atoms in total. The van der Waals surface area contributed by atoms with Gasteiger partial charge in [-0.2, -0.15) is 10.5 Å². The molecule has 0 spiro atoms. The number of rotatable bonds is 15. The van der Waals surface area contributed by atoms with E-state index in [4.69, 9.17) is 25.0 Å². The Morgan fingerprint density at radius 2 is 1.83 bits per heavy atom. The SMILES string of the molecule is N#CCCCCCCn1c(CN2CCC(Oc3cccc(COc4ccc(C#N)cc4F)n3)CC2)nc2ccc(CC(=O)O)nc21. The Morgan fingerprint density at radius 3 is 2.59 bits per heavy atom. The van der Waals surface area contributed by atoms with Gasteiger partial charge >= 0.3 is 5.97 Å². The minimum Gasteiger partial charge on any atom is -0.484 e. The number of imidazole rings is 1. The van der Waals surface area contributed by atoms with Gasteiger partial charge in [0.15, 0.2) is 17.2 Å². The number of carboxylic acid groups (broad SMARTS) is 1. The second-order valence-corrected chi connectivity index (χ2v) is 11.3. The van der Waals surface area contributed by atoms with Crippen molar-refractivity contribution in [3.63, 3.8) is 0 Å². The fraction of sp³-hybridized carbons (Fsp3) is 0.412. The molecular formula is C34H36FN7O4. The molecule has 0 atom stereocenters. The van der Waals surface area contributed by atoms with Crippen molar-refractivity contribution in [2.75, 3.05) is 13.1 Å². The van der Waals surface area contributed by atoms with E-state index in [0.717, 1.165) is 75.6 Å². The van der Waals surface area contributed by atoms with Crippen molar-refractivity contribution in [2.24, 2.45) is 0 Å². The molecule has 0 bridgehead atoms. The number of benzene rings is 1. The lowest BCUT2D eigenvalue weighted by Crippen LogP contribution is -2.38. The molecule has 1 aliphatic heterocycles. The van der Waals surface area contributed by atoms with Crippen LogP contribution in [0.4, 0.5) is 4.39 Å². The Balaban J connectivity index is 1.17. The molecule has 0 unspecified atom stereocenters. The van der Waals surface area contributed by atoms with E-state index in [1.165, 1.54) is 12.1 Å². The number of piperidine rings is 1. The number of aromatic nitrogens is 4. The number of unbranched alkanes of at least 4 members (excludes halogenated alkanes) is 4. The van der Waals surface area contributed by atoms with E-state index in [1.54, 1.807) is 18.2 Å². The van der Waals surface area contributed by atoms with Crippen molar-refractivity contribution < 1.29 is 23.8 Å². The summed E-state index contributed by atoms with van der Waals surface area (Å²) in [5.74, 6) is -0.0753. The van der Waals surface area contributed by atoms with Crippen molar-refractivity contribution in [1.82, 2.24) is 24.4 Å². The van der Waals surface area contributed by atoms with E-state index in [0.29, 0.717) is 35.9 Å². The molecule has 5 rings (SSSR count). The largest absolute Gasteiger partial charge is 0.484 e. The Hall–Kier alpha value is -5.07. The number of pyridine rings is 2. The van der Waals surface area contributed by atoms with Crippen molar-refractivity contribution >= 4 is 17.1 Å². The first kappa shape index (κ1) is 32.3.